The van der Waals surface area contributed by atoms with E-state index in [0.717, 1.165) is 32.9 Å². The first-order valence-electron chi connectivity index (χ1n) is 10.2. The van der Waals surface area contributed by atoms with Gasteiger partial charge in [-0.15, -0.1) is 0 Å². The lowest BCUT2D eigenvalue weighted by Gasteiger charge is -2.19. The molecule has 0 saturated heterocycles. The number of carbonyl (C=O) groups is 2. The maximum absolute atomic E-state index is 13.5. The van der Waals surface area contributed by atoms with Gasteiger partial charge in [0.1, 0.15) is 6.04 Å². The normalized spacial score (nSPS) is 12.0. The van der Waals surface area contributed by atoms with E-state index in [4.69, 9.17) is 4.74 Å². The summed E-state index contributed by atoms with van der Waals surface area (Å²) in [6.07, 6.45) is 0.348. The van der Waals surface area contributed by atoms with Gasteiger partial charge in [-0.1, -0.05) is 54.6 Å². The van der Waals surface area contributed by atoms with Crippen LogP contribution in [0.25, 0.3) is 21.8 Å². The summed E-state index contributed by atoms with van der Waals surface area (Å²) in [5.74, 6) is -0.803. The van der Waals surface area contributed by atoms with E-state index < -0.39 is 12.0 Å². The summed E-state index contributed by atoms with van der Waals surface area (Å²) in [6, 6.07) is 20.3. The van der Waals surface area contributed by atoms with Gasteiger partial charge in [-0.25, -0.2) is 9.78 Å². The van der Waals surface area contributed by atoms with E-state index in [1.165, 1.54) is 12.7 Å². The van der Waals surface area contributed by atoms with Crippen molar-refractivity contribution in [2.75, 3.05) is 7.11 Å². The van der Waals surface area contributed by atoms with Crippen molar-refractivity contribution in [2.24, 2.45) is 0 Å². The lowest BCUT2D eigenvalue weighted by Crippen LogP contribution is -2.43. The average molecular weight is 412 g/mol. The van der Waals surface area contributed by atoms with E-state index in [-0.39, 0.29) is 5.91 Å². The lowest BCUT2D eigenvalue weighted by atomic mass is 9.99. The van der Waals surface area contributed by atoms with Crippen LogP contribution >= 0.6 is 0 Å². The summed E-state index contributed by atoms with van der Waals surface area (Å²) in [5.41, 5.74) is 5.25. The summed E-state index contributed by atoms with van der Waals surface area (Å²) in [4.78, 5) is 30.6. The molecule has 4 aromatic rings. The van der Waals surface area contributed by atoms with Crippen LogP contribution in [0.4, 0.5) is 0 Å². The standard InChI is InChI=1S/C26H24N2O3/c1-16-12-13-18(14-17(16)2)15-23(26(30)31-3)28-25(29)24-19-8-4-6-10-21(19)27-22-11-7-5-9-20(22)24/h4-14,23H,15H2,1-3H3,(H,28,29)/t23-/m0/s1. The first kappa shape index (κ1) is 20.5. The Balaban J connectivity index is 1.74. The molecule has 5 nitrogen and oxygen atoms in total. The number of hydrogen-bond acceptors (Lipinski definition) is 4. The van der Waals surface area contributed by atoms with E-state index in [9.17, 15) is 9.59 Å². The van der Waals surface area contributed by atoms with Crippen LogP contribution in [0, 0.1) is 13.8 Å². The zero-order valence-corrected chi connectivity index (χ0v) is 17.8. The highest BCUT2D eigenvalue weighted by Crippen LogP contribution is 2.26. The van der Waals surface area contributed by atoms with Crippen LogP contribution in [-0.2, 0) is 16.0 Å². The molecule has 1 heterocycles. The number of carbonyl (C=O) groups excluding carboxylic acids is 2. The molecule has 1 atom stereocenters. The molecule has 0 saturated carbocycles. The van der Waals surface area contributed by atoms with Crippen molar-refractivity contribution in [3.63, 3.8) is 0 Å². The van der Waals surface area contributed by atoms with E-state index >= 15 is 0 Å². The molecule has 0 fully saturated rings. The number of hydrogen-bond donors (Lipinski definition) is 1. The molecular weight excluding hydrogens is 388 g/mol. The number of methoxy groups -OCH3 is 1. The van der Waals surface area contributed by atoms with Gasteiger partial charge in [-0.05, 0) is 42.7 Å². The number of amides is 1. The zero-order valence-electron chi connectivity index (χ0n) is 17.8. The molecule has 0 aliphatic rings. The fraction of sp³-hybridized carbons (Fsp3) is 0.192. The van der Waals surface area contributed by atoms with Crippen LogP contribution in [0.5, 0.6) is 0 Å². The van der Waals surface area contributed by atoms with Crippen molar-refractivity contribution in [2.45, 2.75) is 26.3 Å². The minimum Gasteiger partial charge on any atom is -0.467 e. The van der Waals surface area contributed by atoms with E-state index in [2.05, 4.69) is 10.3 Å². The highest BCUT2D eigenvalue weighted by atomic mass is 16.5. The molecule has 156 valence electrons. The Morgan fingerprint density at radius 1 is 0.903 bits per heavy atom. The molecule has 31 heavy (non-hydrogen) atoms. The van der Waals surface area contributed by atoms with E-state index in [0.29, 0.717) is 12.0 Å². The highest BCUT2D eigenvalue weighted by molar-refractivity contribution is 6.16. The molecule has 0 unspecified atom stereocenters. The topological polar surface area (TPSA) is 68.3 Å². The third-order valence-electron chi connectivity index (χ3n) is 5.62. The Bertz CT molecular complexity index is 1240. The molecule has 3 aromatic carbocycles. The second-order valence-corrected chi connectivity index (χ2v) is 7.69. The van der Waals surface area contributed by atoms with Crippen LogP contribution in [0.3, 0.4) is 0 Å². The molecule has 0 spiro atoms. The van der Waals surface area contributed by atoms with Gasteiger partial charge >= 0.3 is 5.97 Å². The molecular formula is C26H24N2O3. The Morgan fingerprint density at radius 2 is 1.52 bits per heavy atom. The number of rotatable bonds is 5. The first-order valence-corrected chi connectivity index (χ1v) is 10.2. The molecule has 1 aromatic heterocycles. The molecule has 0 aliphatic heterocycles. The monoisotopic (exact) mass is 412 g/mol. The van der Waals surface area contributed by atoms with Gasteiger partial charge in [0.2, 0.25) is 0 Å². The highest BCUT2D eigenvalue weighted by Gasteiger charge is 2.25. The molecule has 1 amide bonds. The van der Waals surface area contributed by atoms with Crippen molar-refractivity contribution in [3.8, 4) is 0 Å². The Hall–Kier alpha value is -3.73. The Labute approximate surface area is 181 Å². The molecule has 4 rings (SSSR count). The Morgan fingerprint density at radius 3 is 2.10 bits per heavy atom. The van der Waals surface area contributed by atoms with Crippen LogP contribution in [-0.4, -0.2) is 30.0 Å². The number of fused-ring (bicyclic) bond motifs is 2. The maximum atomic E-state index is 13.5. The zero-order chi connectivity index (χ0) is 22.0. The van der Waals surface area contributed by atoms with Crippen molar-refractivity contribution in [1.82, 2.24) is 10.3 Å². The molecule has 0 radical (unpaired) electrons. The van der Waals surface area contributed by atoms with Crippen molar-refractivity contribution < 1.29 is 14.3 Å². The molecule has 1 N–H and O–H groups in total. The van der Waals surface area contributed by atoms with Crippen molar-refractivity contribution >= 4 is 33.7 Å². The Kier molecular flexibility index (Phi) is 5.67. The second-order valence-electron chi connectivity index (χ2n) is 7.69. The largest absolute Gasteiger partial charge is 0.467 e. The number of ether oxygens (including phenoxy) is 1. The van der Waals surface area contributed by atoms with Crippen molar-refractivity contribution in [1.29, 1.82) is 0 Å². The van der Waals surface area contributed by atoms with Crippen LogP contribution in [0.2, 0.25) is 0 Å². The average Bonchev–Trinajstić information content (AvgIpc) is 2.78. The summed E-state index contributed by atoms with van der Waals surface area (Å²) in [6.45, 7) is 4.07. The SMILES string of the molecule is COC(=O)[C@H](Cc1ccc(C)c(C)c1)NC(=O)c1c2ccccc2nc2ccccc12. The predicted octanol–water partition coefficient (Wildman–Crippen LogP) is 4.52. The number of pyridine rings is 1. The summed E-state index contributed by atoms with van der Waals surface area (Å²) in [5, 5.41) is 4.40. The summed E-state index contributed by atoms with van der Waals surface area (Å²) in [7, 11) is 1.33. The summed E-state index contributed by atoms with van der Waals surface area (Å²) < 4.78 is 4.98. The van der Waals surface area contributed by atoms with Gasteiger partial charge in [-0.2, -0.15) is 0 Å². The van der Waals surface area contributed by atoms with Gasteiger partial charge < -0.3 is 10.1 Å². The van der Waals surface area contributed by atoms with Crippen LogP contribution in [0.1, 0.15) is 27.0 Å². The third kappa shape index (κ3) is 4.12. The molecule has 0 bridgehead atoms. The van der Waals surface area contributed by atoms with Crippen LogP contribution < -0.4 is 5.32 Å². The van der Waals surface area contributed by atoms with Gasteiger partial charge in [-0.3, -0.25) is 4.79 Å². The smallest absolute Gasteiger partial charge is 0.328 e. The number of nitrogens with zero attached hydrogens (tertiary/aromatic N) is 1. The number of aromatic nitrogens is 1. The molecule has 5 heteroatoms. The first-order chi connectivity index (χ1) is 15.0. The fourth-order valence-electron chi connectivity index (χ4n) is 3.82. The quantitative estimate of drug-likeness (QED) is 0.387. The van der Waals surface area contributed by atoms with Gasteiger partial charge in [0.25, 0.3) is 5.91 Å². The summed E-state index contributed by atoms with van der Waals surface area (Å²) >= 11 is 0. The number of aryl methyl sites for hydroxylation is 2. The number of esters is 1. The minimum absolute atomic E-state index is 0.325. The minimum atomic E-state index is -0.801. The third-order valence-corrected chi connectivity index (χ3v) is 5.62. The van der Waals surface area contributed by atoms with Gasteiger partial charge in [0.05, 0.1) is 23.7 Å². The predicted molar refractivity (Wildman–Crippen MR) is 122 cm³/mol. The van der Waals surface area contributed by atoms with E-state index in [1.54, 1.807) is 0 Å². The fourth-order valence-corrected chi connectivity index (χ4v) is 3.82. The number of benzene rings is 3. The van der Waals surface area contributed by atoms with Crippen LogP contribution in [0.15, 0.2) is 66.7 Å². The molecule has 0 aliphatic carbocycles. The number of nitrogens with one attached hydrogen (secondary N) is 1. The van der Waals surface area contributed by atoms with Gasteiger partial charge in [0.15, 0.2) is 0 Å². The van der Waals surface area contributed by atoms with E-state index in [1.807, 2.05) is 80.6 Å². The maximum Gasteiger partial charge on any atom is 0.328 e. The van der Waals surface area contributed by atoms with Crippen molar-refractivity contribution in [3.05, 3.63) is 89.0 Å². The lowest BCUT2D eigenvalue weighted by molar-refractivity contribution is -0.142. The second kappa shape index (κ2) is 8.56. The number of para-hydroxylation sites is 2. The van der Waals surface area contributed by atoms with Gasteiger partial charge in [0, 0.05) is 17.2 Å².